The molecule has 36 heavy (non-hydrogen) atoms. The van der Waals surface area contributed by atoms with Gasteiger partial charge in [-0.25, -0.2) is 13.1 Å². The fourth-order valence-corrected chi connectivity index (χ4v) is 6.25. The van der Waals surface area contributed by atoms with Gasteiger partial charge in [0.2, 0.25) is 15.9 Å². The molecule has 1 saturated heterocycles. The number of benzene rings is 2. The van der Waals surface area contributed by atoms with Gasteiger partial charge in [-0.1, -0.05) is 54.4 Å². The minimum Gasteiger partial charge on any atom is -0.481 e. The van der Waals surface area contributed by atoms with E-state index in [2.05, 4.69) is 4.72 Å². The summed E-state index contributed by atoms with van der Waals surface area (Å²) in [6.45, 7) is 1.75. The van der Waals surface area contributed by atoms with Gasteiger partial charge < -0.3 is 10.0 Å². The number of carboxylic acid groups (broad SMARTS) is 1. The van der Waals surface area contributed by atoms with Crippen molar-refractivity contribution in [3.8, 4) is 0 Å². The molecule has 0 aromatic heterocycles. The molecule has 1 amide bonds. The average molecular weight is 554 g/mol. The van der Waals surface area contributed by atoms with E-state index >= 15 is 0 Å². The lowest BCUT2D eigenvalue weighted by atomic mass is 9.67. The minimum absolute atomic E-state index is 0.0603. The lowest BCUT2D eigenvalue weighted by molar-refractivity contribution is -0.161. The van der Waals surface area contributed by atoms with E-state index < -0.39 is 33.5 Å². The summed E-state index contributed by atoms with van der Waals surface area (Å²) in [7, 11) is -3.50. The molecular formula is C26H30Cl2N2O5S. The smallest absolute Gasteiger partial charge is 0.304 e. The van der Waals surface area contributed by atoms with Crippen molar-refractivity contribution in [1.29, 1.82) is 0 Å². The predicted molar refractivity (Wildman–Crippen MR) is 140 cm³/mol. The van der Waals surface area contributed by atoms with E-state index in [0.29, 0.717) is 16.5 Å². The number of sulfonamides is 1. The van der Waals surface area contributed by atoms with E-state index in [1.807, 2.05) is 30.3 Å². The zero-order chi connectivity index (χ0) is 26.3. The average Bonchev–Trinajstić information content (AvgIpc) is 3.61. The van der Waals surface area contributed by atoms with Crippen LogP contribution < -0.4 is 4.72 Å². The molecule has 194 valence electrons. The molecule has 1 aliphatic heterocycles. The number of likely N-dealkylation sites (tertiary alicyclic amines) is 1. The van der Waals surface area contributed by atoms with Crippen LogP contribution in [0, 0.1) is 11.3 Å². The number of aliphatic carboxylic acids is 1. The first-order valence-corrected chi connectivity index (χ1v) is 14.5. The van der Waals surface area contributed by atoms with Gasteiger partial charge in [-0.05, 0) is 60.6 Å². The highest BCUT2D eigenvalue weighted by Crippen LogP contribution is 2.53. The maximum Gasteiger partial charge on any atom is 0.304 e. The number of hydrogen-bond acceptors (Lipinski definition) is 4. The van der Waals surface area contributed by atoms with Crippen molar-refractivity contribution in [1.82, 2.24) is 9.62 Å². The Morgan fingerprint density at radius 3 is 2.36 bits per heavy atom. The van der Waals surface area contributed by atoms with E-state index in [0.717, 1.165) is 30.2 Å². The third-order valence-corrected chi connectivity index (χ3v) is 8.39. The SMILES string of the molecule is C[C@@]1(CC(=O)O)C[C@H](c2cccc(Cl)c2)[C@@H](c2ccc(Cl)cc2)N([C@H](CNS(C)(=O)=O)C2CC2)C1=O. The molecule has 0 bridgehead atoms. The summed E-state index contributed by atoms with van der Waals surface area (Å²) >= 11 is 12.5. The largest absolute Gasteiger partial charge is 0.481 e. The van der Waals surface area contributed by atoms with Crippen LogP contribution in [0.4, 0.5) is 0 Å². The minimum atomic E-state index is -3.50. The first kappa shape index (κ1) is 26.9. The van der Waals surface area contributed by atoms with E-state index in [-0.39, 0.29) is 30.7 Å². The molecule has 7 nitrogen and oxygen atoms in total. The molecule has 1 saturated carbocycles. The van der Waals surface area contributed by atoms with Crippen molar-refractivity contribution < 1.29 is 23.1 Å². The molecule has 2 N–H and O–H groups in total. The molecule has 2 aliphatic rings. The molecule has 1 heterocycles. The highest BCUT2D eigenvalue weighted by atomic mass is 35.5. The van der Waals surface area contributed by atoms with E-state index in [1.165, 1.54) is 0 Å². The van der Waals surface area contributed by atoms with Crippen LogP contribution in [-0.2, 0) is 19.6 Å². The summed E-state index contributed by atoms with van der Waals surface area (Å²) in [4.78, 5) is 27.9. The number of amides is 1. The lowest BCUT2D eigenvalue weighted by Gasteiger charge is -2.52. The highest BCUT2D eigenvalue weighted by molar-refractivity contribution is 7.88. The highest BCUT2D eigenvalue weighted by Gasteiger charge is 2.54. The Hall–Kier alpha value is -2.13. The van der Waals surface area contributed by atoms with Crippen LogP contribution in [0.1, 0.15) is 55.7 Å². The van der Waals surface area contributed by atoms with Gasteiger partial charge in [0.15, 0.2) is 0 Å². The molecule has 2 aromatic carbocycles. The summed E-state index contributed by atoms with van der Waals surface area (Å²) in [6, 6.07) is 13.8. The van der Waals surface area contributed by atoms with E-state index in [1.54, 1.807) is 30.0 Å². The Morgan fingerprint density at radius 1 is 1.14 bits per heavy atom. The zero-order valence-electron chi connectivity index (χ0n) is 20.2. The second kappa shape index (κ2) is 10.3. The molecule has 0 radical (unpaired) electrons. The summed E-state index contributed by atoms with van der Waals surface area (Å²) in [5.41, 5.74) is 0.558. The van der Waals surface area contributed by atoms with Crippen molar-refractivity contribution in [2.45, 2.75) is 50.6 Å². The van der Waals surface area contributed by atoms with Crippen molar-refractivity contribution in [3.63, 3.8) is 0 Å². The first-order chi connectivity index (χ1) is 16.9. The monoisotopic (exact) mass is 552 g/mol. The van der Waals surface area contributed by atoms with Gasteiger partial charge in [0.1, 0.15) is 0 Å². The van der Waals surface area contributed by atoms with E-state index in [9.17, 15) is 23.1 Å². The number of carbonyl (C=O) groups excluding carboxylic acids is 1. The number of carbonyl (C=O) groups is 2. The second-order valence-electron chi connectivity index (χ2n) is 10.2. The summed E-state index contributed by atoms with van der Waals surface area (Å²) < 4.78 is 26.6. The normalized spacial score (nSPS) is 25.6. The summed E-state index contributed by atoms with van der Waals surface area (Å²) in [6.07, 6.45) is 2.80. The molecule has 2 aromatic rings. The number of piperidine rings is 1. The Kier molecular flexibility index (Phi) is 7.72. The van der Waals surface area contributed by atoms with Gasteiger partial charge in [-0.2, -0.15) is 0 Å². The molecule has 0 unspecified atom stereocenters. The maximum absolute atomic E-state index is 14.2. The fourth-order valence-electron chi connectivity index (χ4n) is 5.45. The summed E-state index contributed by atoms with van der Waals surface area (Å²) in [5.74, 6) is -1.50. The van der Waals surface area contributed by atoms with Gasteiger partial charge >= 0.3 is 5.97 Å². The molecule has 2 fully saturated rings. The maximum atomic E-state index is 14.2. The number of nitrogens with zero attached hydrogens (tertiary/aromatic N) is 1. The molecular weight excluding hydrogens is 523 g/mol. The van der Waals surface area contributed by atoms with Crippen LogP contribution in [0.3, 0.4) is 0 Å². The van der Waals surface area contributed by atoms with Gasteiger partial charge in [0, 0.05) is 28.5 Å². The number of carboxylic acids is 1. The van der Waals surface area contributed by atoms with Gasteiger partial charge in [-0.3, -0.25) is 9.59 Å². The first-order valence-electron chi connectivity index (χ1n) is 11.9. The zero-order valence-corrected chi connectivity index (χ0v) is 22.5. The van der Waals surface area contributed by atoms with Crippen LogP contribution in [0.15, 0.2) is 48.5 Å². The molecule has 10 heteroatoms. The molecule has 1 aliphatic carbocycles. The van der Waals surface area contributed by atoms with Gasteiger partial charge in [0.05, 0.1) is 24.1 Å². The Balaban J connectivity index is 1.89. The molecule has 4 atom stereocenters. The Morgan fingerprint density at radius 2 is 1.81 bits per heavy atom. The van der Waals surface area contributed by atoms with Crippen LogP contribution in [0.2, 0.25) is 10.0 Å². The third-order valence-electron chi connectivity index (χ3n) is 7.21. The third kappa shape index (κ3) is 6.05. The van der Waals surface area contributed by atoms with Crippen molar-refractivity contribution in [3.05, 3.63) is 69.7 Å². The predicted octanol–water partition coefficient (Wildman–Crippen LogP) is 4.86. The van der Waals surface area contributed by atoms with Crippen molar-refractivity contribution in [2.75, 3.05) is 12.8 Å². The lowest BCUT2D eigenvalue weighted by Crippen LogP contribution is -2.59. The Labute approximate surface area is 221 Å². The number of hydrogen-bond donors (Lipinski definition) is 2. The number of rotatable bonds is 9. The van der Waals surface area contributed by atoms with Crippen LogP contribution in [-0.4, -0.2) is 49.1 Å². The number of halogens is 2. The van der Waals surface area contributed by atoms with Crippen LogP contribution in [0.5, 0.6) is 0 Å². The summed E-state index contributed by atoms with van der Waals surface area (Å²) in [5, 5.41) is 10.8. The van der Waals surface area contributed by atoms with E-state index in [4.69, 9.17) is 23.2 Å². The molecule has 0 spiro atoms. The van der Waals surface area contributed by atoms with Crippen LogP contribution in [0.25, 0.3) is 0 Å². The van der Waals surface area contributed by atoms with Crippen molar-refractivity contribution in [2.24, 2.45) is 11.3 Å². The van der Waals surface area contributed by atoms with Crippen molar-refractivity contribution >= 4 is 45.1 Å². The standard InChI is InChI=1S/C26H30Cl2N2O5S/c1-26(14-23(31)32)13-21(18-4-3-5-20(28)12-18)24(17-8-10-19(27)11-9-17)30(25(26)33)22(16-6-7-16)15-29-36(2,34)35/h3-5,8-12,16,21-22,24,29H,6-7,13-15H2,1-2H3,(H,31,32)/t21-,22-,24-,26+/m1/s1. The second-order valence-corrected chi connectivity index (χ2v) is 12.9. The Bertz CT molecular complexity index is 1250. The van der Waals surface area contributed by atoms with Gasteiger partial charge in [-0.15, -0.1) is 0 Å². The topological polar surface area (TPSA) is 104 Å². The fraction of sp³-hybridized carbons (Fsp3) is 0.462. The number of nitrogens with one attached hydrogen (secondary N) is 1. The quantitative estimate of drug-likeness (QED) is 0.462. The molecule has 4 rings (SSSR count). The van der Waals surface area contributed by atoms with Gasteiger partial charge in [0.25, 0.3) is 0 Å². The van der Waals surface area contributed by atoms with Crippen LogP contribution >= 0.6 is 23.2 Å².